The normalized spacial score (nSPS) is 17.6. The summed E-state index contributed by atoms with van der Waals surface area (Å²) in [7, 11) is 0. The van der Waals surface area contributed by atoms with Crippen LogP contribution < -0.4 is 15.2 Å². The number of rotatable bonds is 3. The van der Waals surface area contributed by atoms with Gasteiger partial charge in [-0.25, -0.2) is 0 Å². The smallest absolute Gasteiger partial charge is 0.320 e. The summed E-state index contributed by atoms with van der Waals surface area (Å²) >= 11 is 3.38. The van der Waals surface area contributed by atoms with Gasteiger partial charge in [-0.2, -0.15) is 0 Å². The van der Waals surface area contributed by atoms with Crippen molar-refractivity contribution in [2.75, 3.05) is 0 Å². The van der Waals surface area contributed by atoms with Crippen LogP contribution in [-0.2, 0) is 11.2 Å². The molecule has 1 aromatic rings. The van der Waals surface area contributed by atoms with Gasteiger partial charge in [-0.05, 0) is 24.1 Å². The van der Waals surface area contributed by atoms with Gasteiger partial charge in [0.2, 0.25) is 5.79 Å². The van der Waals surface area contributed by atoms with Gasteiger partial charge in [0.1, 0.15) is 6.04 Å². The number of ether oxygens (including phenoxy) is 2. The van der Waals surface area contributed by atoms with Crippen LogP contribution in [-0.4, -0.2) is 22.9 Å². The standard InChI is InChI=1S/C12H14BrNO4/c1-12(2)17-9-4-6(3-8(14)11(15)16)7(13)5-10(9)18-12/h4-5,8H,3,14H2,1-2H3,(H,15,16). The van der Waals surface area contributed by atoms with Gasteiger partial charge in [0.05, 0.1) is 0 Å². The van der Waals surface area contributed by atoms with Crippen molar-refractivity contribution in [3.05, 3.63) is 22.2 Å². The van der Waals surface area contributed by atoms with Crippen molar-refractivity contribution in [2.45, 2.75) is 32.1 Å². The molecule has 1 atom stereocenters. The van der Waals surface area contributed by atoms with Crippen LogP contribution >= 0.6 is 15.9 Å². The van der Waals surface area contributed by atoms with E-state index < -0.39 is 17.8 Å². The molecule has 0 fully saturated rings. The number of hydrogen-bond acceptors (Lipinski definition) is 4. The molecule has 0 radical (unpaired) electrons. The summed E-state index contributed by atoms with van der Waals surface area (Å²) in [4.78, 5) is 10.8. The molecule has 0 bridgehead atoms. The summed E-state index contributed by atoms with van der Waals surface area (Å²) in [6, 6.07) is 2.60. The summed E-state index contributed by atoms with van der Waals surface area (Å²) < 4.78 is 11.9. The number of nitrogens with two attached hydrogens (primary N) is 1. The van der Waals surface area contributed by atoms with Crippen molar-refractivity contribution in [1.82, 2.24) is 0 Å². The molecule has 2 rings (SSSR count). The lowest BCUT2D eigenvalue weighted by atomic mass is 10.1. The lowest BCUT2D eigenvalue weighted by Crippen LogP contribution is -2.32. The zero-order valence-corrected chi connectivity index (χ0v) is 11.7. The number of aliphatic carboxylic acids is 1. The second-order valence-electron chi connectivity index (χ2n) is 4.64. The Morgan fingerprint density at radius 2 is 2.00 bits per heavy atom. The lowest BCUT2D eigenvalue weighted by molar-refractivity contribution is -0.138. The van der Waals surface area contributed by atoms with Gasteiger partial charge in [-0.3, -0.25) is 4.79 Å². The number of hydrogen-bond donors (Lipinski definition) is 2. The molecule has 0 saturated heterocycles. The Morgan fingerprint density at radius 3 is 2.56 bits per heavy atom. The van der Waals surface area contributed by atoms with Crippen LogP contribution in [0.4, 0.5) is 0 Å². The van der Waals surface area contributed by atoms with Gasteiger partial charge >= 0.3 is 5.97 Å². The molecule has 98 valence electrons. The van der Waals surface area contributed by atoms with Crippen LogP contribution in [0.5, 0.6) is 11.5 Å². The molecule has 5 nitrogen and oxygen atoms in total. The minimum atomic E-state index is -1.03. The molecule has 1 aromatic carbocycles. The number of benzene rings is 1. The maximum Gasteiger partial charge on any atom is 0.320 e. The van der Waals surface area contributed by atoms with E-state index >= 15 is 0 Å². The molecule has 1 aliphatic rings. The van der Waals surface area contributed by atoms with Gasteiger partial charge in [0.25, 0.3) is 0 Å². The van der Waals surface area contributed by atoms with Crippen LogP contribution in [0, 0.1) is 0 Å². The highest BCUT2D eigenvalue weighted by Crippen LogP contribution is 2.42. The van der Waals surface area contributed by atoms with E-state index in [4.69, 9.17) is 20.3 Å². The molecule has 1 aliphatic heterocycles. The van der Waals surface area contributed by atoms with Crippen LogP contribution in [0.2, 0.25) is 0 Å². The molecule has 6 heteroatoms. The third-order valence-electron chi connectivity index (χ3n) is 2.58. The highest BCUT2D eigenvalue weighted by Gasteiger charge is 2.32. The molecule has 18 heavy (non-hydrogen) atoms. The first-order valence-corrected chi connectivity index (χ1v) is 6.26. The summed E-state index contributed by atoms with van der Waals surface area (Å²) in [6.07, 6.45) is 0.229. The van der Waals surface area contributed by atoms with E-state index in [1.54, 1.807) is 12.1 Å². The lowest BCUT2D eigenvalue weighted by Gasteiger charge is -2.16. The predicted octanol–water partition coefficient (Wildman–Crippen LogP) is 1.91. The zero-order valence-electron chi connectivity index (χ0n) is 10.1. The van der Waals surface area contributed by atoms with Crippen molar-refractivity contribution >= 4 is 21.9 Å². The first-order chi connectivity index (χ1) is 8.28. The number of carbonyl (C=O) groups is 1. The average molecular weight is 316 g/mol. The molecule has 0 saturated carbocycles. The summed E-state index contributed by atoms with van der Waals surface area (Å²) in [5.74, 6) is -0.481. The van der Waals surface area contributed by atoms with Crippen molar-refractivity contribution in [1.29, 1.82) is 0 Å². The van der Waals surface area contributed by atoms with E-state index in [-0.39, 0.29) is 6.42 Å². The minimum absolute atomic E-state index is 0.229. The monoisotopic (exact) mass is 315 g/mol. The van der Waals surface area contributed by atoms with E-state index in [0.717, 1.165) is 10.0 Å². The van der Waals surface area contributed by atoms with E-state index in [9.17, 15) is 4.79 Å². The molecule has 0 amide bonds. The van der Waals surface area contributed by atoms with E-state index in [1.165, 1.54) is 0 Å². The number of carboxylic acids is 1. The maximum atomic E-state index is 10.8. The third-order valence-corrected chi connectivity index (χ3v) is 3.32. The summed E-state index contributed by atoms with van der Waals surface area (Å²) in [5.41, 5.74) is 6.31. The van der Waals surface area contributed by atoms with Crippen molar-refractivity contribution in [3.63, 3.8) is 0 Å². The summed E-state index contributed by atoms with van der Waals surface area (Å²) in [5, 5.41) is 8.81. The highest BCUT2D eigenvalue weighted by atomic mass is 79.9. The second-order valence-corrected chi connectivity index (χ2v) is 5.50. The van der Waals surface area contributed by atoms with Crippen LogP contribution in [0.15, 0.2) is 16.6 Å². The Labute approximate surface area is 113 Å². The fraction of sp³-hybridized carbons (Fsp3) is 0.417. The number of fused-ring (bicyclic) bond motifs is 1. The van der Waals surface area contributed by atoms with Gasteiger partial charge in [-0.1, -0.05) is 15.9 Å². The molecule has 0 aromatic heterocycles. The molecular weight excluding hydrogens is 302 g/mol. The van der Waals surface area contributed by atoms with Crippen molar-refractivity contribution in [3.8, 4) is 11.5 Å². The Bertz CT molecular complexity index is 501. The van der Waals surface area contributed by atoms with Crippen LogP contribution in [0.1, 0.15) is 19.4 Å². The first kappa shape index (κ1) is 13.2. The summed E-state index contributed by atoms with van der Waals surface area (Å²) in [6.45, 7) is 3.62. The molecular formula is C12H14BrNO4. The van der Waals surface area contributed by atoms with Crippen molar-refractivity contribution < 1.29 is 19.4 Å². The fourth-order valence-electron chi connectivity index (χ4n) is 1.77. The van der Waals surface area contributed by atoms with E-state index in [2.05, 4.69) is 15.9 Å². The highest BCUT2D eigenvalue weighted by molar-refractivity contribution is 9.10. The number of halogens is 1. The Kier molecular flexibility index (Phi) is 3.25. The van der Waals surface area contributed by atoms with Gasteiger partial charge < -0.3 is 20.3 Å². The SMILES string of the molecule is CC1(C)Oc2cc(Br)c(CC(N)C(=O)O)cc2O1. The topological polar surface area (TPSA) is 81.8 Å². The Balaban J connectivity index is 2.28. The van der Waals surface area contributed by atoms with Crippen LogP contribution in [0.25, 0.3) is 0 Å². The molecule has 0 aliphatic carbocycles. The Hall–Kier alpha value is -1.27. The minimum Gasteiger partial charge on any atom is -0.480 e. The van der Waals surface area contributed by atoms with Gasteiger partial charge in [0.15, 0.2) is 11.5 Å². The van der Waals surface area contributed by atoms with E-state index in [0.29, 0.717) is 11.5 Å². The molecule has 3 N–H and O–H groups in total. The largest absolute Gasteiger partial charge is 0.480 e. The Morgan fingerprint density at radius 1 is 1.44 bits per heavy atom. The molecule has 1 heterocycles. The quantitative estimate of drug-likeness (QED) is 0.890. The van der Waals surface area contributed by atoms with E-state index in [1.807, 2.05) is 13.8 Å². The van der Waals surface area contributed by atoms with Crippen molar-refractivity contribution in [2.24, 2.45) is 5.73 Å². The molecule has 1 unspecified atom stereocenters. The fourth-order valence-corrected chi connectivity index (χ4v) is 2.25. The first-order valence-electron chi connectivity index (χ1n) is 5.47. The predicted molar refractivity (Wildman–Crippen MR) is 68.8 cm³/mol. The number of carboxylic acid groups (broad SMARTS) is 1. The van der Waals surface area contributed by atoms with Crippen LogP contribution in [0.3, 0.4) is 0 Å². The second kappa shape index (κ2) is 4.44. The maximum absolute atomic E-state index is 10.8. The average Bonchev–Trinajstić information content (AvgIpc) is 2.51. The van der Waals surface area contributed by atoms with Gasteiger partial charge in [-0.15, -0.1) is 0 Å². The van der Waals surface area contributed by atoms with Gasteiger partial charge in [0, 0.05) is 18.3 Å². The zero-order chi connectivity index (χ0) is 13.5. The third kappa shape index (κ3) is 2.59. The molecule has 0 spiro atoms.